The molecule has 1 heterocycles. The van der Waals surface area contributed by atoms with Crippen LogP contribution in [0.3, 0.4) is 0 Å². The standard InChI is InChI=1S/C17H29ClN4O4/c1-9(2)14(13(23)8-18)21-16(25)12-6-5-7-22(12)17(26)11(4)20-15(24)10(3)19/h9-12,14H,5-8,19H2,1-4H3,(H,20,24)(H,21,25)/t10-,11+,12+,14+/m0/s1. The van der Waals surface area contributed by atoms with Gasteiger partial charge >= 0.3 is 0 Å². The number of hydrogen-bond donors (Lipinski definition) is 3. The average molecular weight is 389 g/mol. The monoisotopic (exact) mass is 388 g/mol. The molecule has 4 atom stereocenters. The molecule has 26 heavy (non-hydrogen) atoms. The second kappa shape index (κ2) is 9.87. The van der Waals surface area contributed by atoms with Crippen LogP contribution in [0.5, 0.6) is 0 Å². The van der Waals surface area contributed by atoms with Crippen molar-refractivity contribution in [1.82, 2.24) is 15.5 Å². The van der Waals surface area contributed by atoms with Crippen molar-refractivity contribution in [1.29, 1.82) is 0 Å². The van der Waals surface area contributed by atoms with Crippen LogP contribution < -0.4 is 16.4 Å². The van der Waals surface area contributed by atoms with Gasteiger partial charge in [0, 0.05) is 6.54 Å². The van der Waals surface area contributed by atoms with Gasteiger partial charge < -0.3 is 21.3 Å². The van der Waals surface area contributed by atoms with Crippen LogP contribution in [0.2, 0.25) is 0 Å². The summed E-state index contributed by atoms with van der Waals surface area (Å²) in [6.45, 7) is 7.14. The van der Waals surface area contributed by atoms with Gasteiger partial charge in [0.2, 0.25) is 17.7 Å². The van der Waals surface area contributed by atoms with E-state index in [1.54, 1.807) is 6.92 Å². The lowest BCUT2D eigenvalue weighted by Crippen LogP contribution is -2.56. The predicted octanol–water partition coefficient (Wildman–Crippen LogP) is -0.222. The minimum atomic E-state index is -0.785. The first-order chi connectivity index (χ1) is 12.1. The van der Waals surface area contributed by atoms with E-state index in [0.29, 0.717) is 19.4 Å². The molecular weight excluding hydrogens is 360 g/mol. The van der Waals surface area contributed by atoms with Crippen LogP contribution in [0.1, 0.15) is 40.5 Å². The lowest BCUT2D eigenvalue weighted by molar-refractivity contribution is -0.141. The number of hydrogen-bond acceptors (Lipinski definition) is 5. The first kappa shape index (κ1) is 22.4. The summed E-state index contributed by atoms with van der Waals surface area (Å²) in [6.07, 6.45) is 1.18. The number of nitrogens with two attached hydrogens (primary N) is 1. The zero-order chi connectivity index (χ0) is 20.0. The largest absolute Gasteiger partial charge is 0.344 e. The van der Waals surface area contributed by atoms with Gasteiger partial charge in [-0.05, 0) is 32.6 Å². The maximum absolute atomic E-state index is 12.6. The number of Topliss-reactive ketones (excluding diaryl/α,β-unsaturated/α-hetero) is 1. The van der Waals surface area contributed by atoms with E-state index in [9.17, 15) is 19.2 Å². The van der Waals surface area contributed by atoms with Crippen molar-refractivity contribution in [2.24, 2.45) is 11.7 Å². The quantitative estimate of drug-likeness (QED) is 0.496. The summed E-state index contributed by atoms with van der Waals surface area (Å²) in [5.74, 6) is -1.71. The van der Waals surface area contributed by atoms with Crippen molar-refractivity contribution in [3.63, 3.8) is 0 Å². The van der Waals surface area contributed by atoms with E-state index in [2.05, 4.69) is 10.6 Å². The number of carbonyl (C=O) groups is 4. The van der Waals surface area contributed by atoms with E-state index in [4.69, 9.17) is 17.3 Å². The SMILES string of the molecule is CC(C)[C@@H](NC(=O)[C@H]1CCCN1C(=O)[C@@H](C)NC(=O)[C@H](C)N)C(=O)CCl. The maximum Gasteiger partial charge on any atom is 0.245 e. The summed E-state index contributed by atoms with van der Waals surface area (Å²) < 4.78 is 0. The van der Waals surface area contributed by atoms with E-state index in [1.807, 2.05) is 13.8 Å². The van der Waals surface area contributed by atoms with Crippen molar-refractivity contribution in [2.75, 3.05) is 12.4 Å². The molecule has 148 valence electrons. The number of carbonyl (C=O) groups excluding carboxylic acids is 4. The molecule has 0 aromatic carbocycles. The molecule has 0 aromatic rings. The number of nitrogens with zero attached hydrogens (tertiary/aromatic N) is 1. The second-order valence-corrected chi connectivity index (χ2v) is 7.31. The first-order valence-corrected chi connectivity index (χ1v) is 9.39. The molecule has 1 fully saturated rings. The average Bonchev–Trinajstić information content (AvgIpc) is 3.07. The molecule has 1 saturated heterocycles. The Hall–Kier alpha value is -1.67. The zero-order valence-corrected chi connectivity index (χ0v) is 16.5. The summed E-state index contributed by atoms with van der Waals surface area (Å²) in [5.41, 5.74) is 5.49. The fourth-order valence-electron chi connectivity index (χ4n) is 2.91. The number of amides is 3. The Balaban J connectivity index is 2.79. The normalized spacial score (nSPS) is 20.4. The highest BCUT2D eigenvalue weighted by Crippen LogP contribution is 2.19. The van der Waals surface area contributed by atoms with Crippen molar-refractivity contribution in [3.8, 4) is 0 Å². The first-order valence-electron chi connectivity index (χ1n) is 8.85. The molecule has 0 unspecified atom stereocenters. The second-order valence-electron chi connectivity index (χ2n) is 7.04. The van der Waals surface area contributed by atoms with Gasteiger partial charge in [0.1, 0.15) is 12.1 Å². The molecule has 1 rings (SSSR count). The van der Waals surface area contributed by atoms with Crippen molar-refractivity contribution in [3.05, 3.63) is 0 Å². The minimum Gasteiger partial charge on any atom is -0.344 e. The van der Waals surface area contributed by atoms with E-state index in [0.717, 1.165) is 0 Å². The number of ketones is 1. The molecule has 9 heteroatoms. The van der Waals surface area contributed by atoms with E-state index in [-0.39, 0.29) is 29.4 Å². The molecule has 0 spiro atoms. The molecule has 0 bridgehead atoms. The van der Waals surface area contributed by atoms with Crippen molar-refractivity contribution >= 4 is 35.1 Å². The summed E-state index contributed by atoms with van der Waals surface area (Å²) in [4.78, 5) is 50.3. The Morgan fingerprint density at radius 1 is 1.15 bits per heavy atom. The van der Waals surface area contributed by atoms with Gasteiger partial charge in [0.25, 0.3) is 0 Å². The number of alkyl halides is 1. The summed E-state index contributed by atoms with van der Waals surface area (Å²) in [6, 6.07) is -2.86. The highest BCUT2D eigenvalue weighted by Gasteiger charge is 2.38. The molecule has 0 saturated carbocycles. The van der Waals surface area contributed by atoms with Gasteiger partial charge in [-0.25, -0.2) is 0 Å². The molecule has 8 nitrogen and oxygen atoms in total. The molecule has 3 amide bonds. The van der Waals surface area contributed by atoms with E-state index >= 15 is 0 Å². The smallest absolute Gasteiger partial charge is 0.245 e. The fraction of sp³-hybridized carbons (Fsp3) is 0.765. The Morgan fingerprint density at radius 3 is 2.27 bits per heavy atom. The predicted molar refractivity (Wildman–Crippen MR) is 98.5 cm³/mol. The topological polar surface area (TPSA) is 122 Å². The van der Waals surface area contributed by atoms with Crippen LogP contribution in [0.25, 0.3) is 0 Å². The van der Waals surface area contributed by atoms with Crippen molar-refractivity contribution in [2.45, 2.75) is 64.7 Å². The Kier molecular flexibility index (Phi) is 8.49. The number of rotatable bonds is 8. The summed E-state index contributed by atoms with van der Waals surface area (Å²) >= 11 is 5.61. The van der Waals surface area contributed by atoms with Crippen molar-refractivity contribution < 1.29 is 19.2 Å². The van der Waals surface area contributed by atoms with Crippen LogP contribution in [0.15, 0.2) is 0 Å². The molecule has 4 N–H and O–H groups in total. The van der Waals surface area contributed by atoms with Gasteiger partial charge in [-0.15, -0.1) is 11.6 Å². The van der Waals surface area contributed by atoms with Gasteiger partial charge in [-0.3, -0.25) is 19.2 Å². The van der Waals surface area contributed by atoms with Crippen LogP contribution in [-0.2, 0) is 19.2 Å². The lowest BCUT2D eigenvalue weighted by Gasteiger charge is -2.29. The number of halogens is 1. The van der Waals surface area contributed by atoms with Gasteiger partial charge in [-0.1, -0.05) is 13.8 Å². The van der Waals surface area contributed by atoms with Gasteiger partial charge in [0.05, 0.1) is 18.0 Å². The van der Waals surface area contributed by atoms with Crippen LogP contribution in [0.4, 0.5) is 0 Å². The Bertz CT molecular complexity index is 553. The molecule has 0 radical (unpaired) electrons. The molecule has 0 aromatic heterocycles. The van der Waals surface area contributed by atoms with Gasteiger partial charge in [0.15, 0.2) is 5.78 Å². The molecule has 0 aliphatic carbocycles. The number of nitrogens with one attached hydrogen (secondary N) is 2. The minimum absolute atomic E-state index is 0.111. The van der Waals surface area contributed by atoms with Crippen LogP contribution in [0, 0.1) is 5.92 Å². The highest BCUT2D eigenvalue weighted by molar-refractivity contribution is 6.28. The lowest BCUT2D eigenvalue weighted by atomic mass is 10.00. The highest BCUT2D eigenvalue weighted by atomic mass is 35.5. The van der Waals surface area contributed by atoms with E-state index < -0.39 is 30.1 Å². The van der Waals surface area contributed by atoms with Crippen LogP contribution >= 0.6 is 11.6 Å². The fourth-order valence-corrected chi connectivity index (χ4v) is 3.08. The Labute approximate surface area is 159 Å². The number of likely N-dealkylation sites (tertiary alicyclic amines) is 1. The molecular formula is C17H29ClN4O4. The van der Waals surface area contributed by atoms with E-state index in [1.165, 1.54) is 11.8 Å². The third kappa shape index (κ3) is 5.67. The molecule has 1 aliphatic rings. The zero-order valence-electron chi connectivity index (χ0n) is 15.8. The molecule has 1 aliphatic heterocycles. The summed E-state index contributed by atoms with van der Waals surface area (Å²) in [7, 11) is 0. The van der Waals surface area contributed by atoms with Crippen LogP contribution in [-0.4, -0.2) is 65.0 Å². The third-order valence-electron chi connectivity index (χ3n) is 4.42. The van der Waals surface area contributed by atoms with Gasteiger partial charge in [-0.2, -0.15) is 0 Å². The summed E-state index contributed by atoms with van der Waals surface area (Å²) in [5, 5.41) is 5.26. The Morgan fingerprint density at radius 2 is 1.77 bits per heavy atom. The maximum atomic E-state index is 12.6. The third-order valence-corrected chi connectivity index (χ3v) is 4.69.